The van der Waals surface area contributed by atoms with Gasteiger partial charge in [0.15, 0.2) is 0 Å². The molecule has 0 aliphatic carbocycles. The predicted octanol–water partition coefficient (Wildman–Crippen LogP) is 2.35. The van der Waals surface area contributed by atoms with E-state index in [1.807, 2.05) is 6.92 Å². The second-order valence-corrected chi connectivity index (χ2v) is 1.84. The number of rotatable bonds is 2. The first-order valence-electron chi connectivity index (χ1n) is 2.09. The van der Waals surface area contributed by atoms with Crippen molar-refractivity contribution in [2.45, 2.75) is 13.3 Å². The largest absolute Gasteiger partial charge is 0.0925 e. The van der Waals surface area contributed by atoms with Gasteiger partial charge in [-0.25, -0.2) is 0 Å². The van der Waals surface area contributed by atoms with Gasteiger partial charge in [-0.05, 0) is 13.3 Å². The first kappa shape index (κ1) is 6.22. The lowest BCUT2D eigenvalue weighted by Gasteiger charge is -1.74. The molecule has 1 heteroatoms. The molecule has 0 unspecified atom stereocenters. The molecule has 0 radical (unpaired) electrons. The normalized spacial score (nSPS) is 10.3. The van der Waals surface area contributed by atoms with Crippen molar-refractivity contribution in [1.82, 2.24) is 0 Å². The summed E-state index contributed by atoms with van der Waals surface area (Å²) < 4.78 is 0. The Kier molecular flexibility index (Phi) is 5.41. The first-order valence-corrected chi connectivity index (χ1v) is 3.21. The second kappa shape index (κ2) is 5.22. The molecule has 36 valence electrons. The van der Waals surface area contributed by atoms with E-state index in [9.17, 15) is 0 Å². The van der Waals surface area contributed by atoms with Gasteiger partial charge >= 0.3 is 0 Å². The van der Waals surface area contributed by atoms with E-state index in [2.05, 4.69) is 28.1 Å². The molecule has 0 atom stereocenters. The topological polar surface area (TPSA) is 0 Å². The third-order valence-corrected chi connectivity index (χ3v) is 0.969. The van der Waals surface area contributed by atoms with Crippen molar-refractivity contribution in [3.05, 3.63) is 12.2 Å². The van der Waals surface area contributed by atoms with E-state index in [1.165, 1.54) is 0 Å². The van der Waals surface area contributed by atoms with Crippen LogP contribution in [0.3, 0.4) is 0 Å². The molecule has 0 saturated carbocycles. The lowest BCUT2D eigenvalue weighted by Crippen LogP contribution is -1.61. The SMILES string of the molecule is CC=CCCBr. The van der Waals surface area contributed by atoms with Crippen LogP contribution < -0.4 is 0 Å². The van der Waals surface area contributed by atoms with Gasteiger partial charge in [0, 0.05) is 5.33 Å². The summed E-state index contributed by atoms with van der Waals surface area (Å²) in [6.45, 7) is 2.03. The van der Waals surface area contributed by atoms with Crippen molar-refractivity contribution >= 4 is 15.9 Å². The van der Waals surface area contributed by atoms with Crippen LogP contribution in [0.25, 0.3) is 0 Å². The quantitative estimate of drug-likeness (QED) is 0.417. The summed E-state index contributed by atoms with van der Waals surface area (Å²) in [5.41, 5.74) is 0. The molecule has 0 amide bonds. The molecule has 0 bridgehead atoms. The highest BCUT2D eigenvalue weighted by atomic mass is 79.9. The predicted molar refractivity (Wildman–Crippen MR) is 33.2 cm³/mol. The zero-order valence-electron chi connectivity index (χ0n) is 3.95. The number of halogens is 1. The highest BCUT2D eigenvalue weighted by Gasteiger charge is 1.66. The van der Waals surface area contributed by atoms with Crippen LogP contribution in [0.5, 0.6) is 0 Å². The lowest BCUT2D eigenvalue weighted by molar-refractivity contribution is 1.25. The maximum atomic E-state index is 3.30. The molecule has 0 N–H and O–H groups in total. The smallest absolute Gasteiger partial charge is 0.00659 e. The van der Waals surface area contributed by atoms with E-state index in [0.717, 1.165) is 11.8 Å². The third kappa shape index (κ3) is 4.22. The summed E-state index contributed by atoms with van der Waals surface area (Å²) >= 11 is 3.30. The molecule has 0 aliphatic heterocycles. The fourth-order valence-electron chi connectivity index (χ4n) is 0.230. The lowest BCUT2D eigenvalue weighted by atomic mass is 10.4. The minimum Gasteiger partial charge on any atom is -0.0925 e. The Morgan fingerprint density at radius 2 is 2.33 bits per heavy atom. The van der Waals surface area contributed by atoms with Crippen molar-refractivity contribution in [2.24, 2.45) is 0 Å². The van der Waals surface area contributed by atoms with Gasteiger partial charge in [-0.2, -0.15) is 0 Å². The van der Waals surface area contributed by atoms with Crippen LogP contribution in [0.4, 0.5) is 0 Å². The molecular weight excluding hydrogens is 140 g/mol. The van der Waals surface area contributed by atoms with E-state index in [4.69, 9.17) is 0 Å². The third-order valence-electron chi connectivity index (χ3n) is 0.511. The Labute approximate surface area is 47.4 Å². The number of hydrogen-bond donors (Lipinski definition) is 0. The van der Waals surface area contributed by atoms with Gasteiger partial charge in [-0.3, -0.25) is 0 Å². The Morgan fingerprint density at radius 3 is 2.50 bits per heavy atom. The molecule has 0 rings (SSSR count). The van der Waals surface area contributed by atoms with E-state index in [-0.39, 0.29) is 0 Å². The van der Waals surface area contributed by atoms with Crippen LogP contribution >= 0.6 is 15.9 Å². The van der Waals surface area contributed by atoms with Crippen molar-refractivity contribution < 1.29 is 0 Å². The Balaban J connectivity index is 2.66. The molecule has 0 aromatic rings. The van der Waals surface area contributed by atoms with Crippen LogP contribution in [0.1, 0.15) is 13.3 Å². The van der Waals surface area contributed by atoms with Crippen molar-refractivity contribution in [3.8, 4) is 0 Å². The van der Waals surface area contributed by atoms with Crippen LogP contribution in [0.15, 0.2) is 12.2 Å². The van der Waals surface area contributed by atoms with E-state index in [1.54, 1.807) is 0 Å². The first-order chi connectivity index (χ1) is 2.91. The summed E-state index contributed by atoms with van der Waals surface area (Å²) in [6.07, 6.45) is 5.34. The van der Waals surface area contributed by atoms with Gasteiger partial charge < -0.3 is 0 Å². The Morgan fingerprint density at radius 1 is 1.67 bits per heavy atom. The summed E-state index contributed by atoms with van der Waals surface area (Å²) in [5.74, 6) is 0. The highest BCUT2D eigenvalue weighted by molar-refractivity contribution is 9.09. The monoisotopic (exact) mass is 148 g/mol. The molecule has 0 aliphatic rings. The minimum atomic E-state index is 1.08. The van der Waals surface area contributed by atoms with Gasteiger partial charge in [-0.15, -0.1) is 0 Å². The zero-order valence-corrected chi connectivity index (χ0v) is 5.53. The fraction of sp³-hybridized carbons (Fsp3) is 0.600. The fourth-order valence-corrected chi connectivity index (χ4v) is 0.494. The van der Waals surface area contributed by atoms with Crippen LogP contribution in [0, 0.1) is 0 Å². The molecule has 0 nitrogen and oxygen atoms in total. The van der Waals surface area contributed by atoms with Gasteiger partial charge in [0.1, 0.15) is 0 Å². The van der Waals surface area contributed by atoms with Crippen molar-refractivity contribution in [1.29, 1.82) is 0 Å². The number of allylic oxidation sites excluding steroid dienone is 2. The van der Waals surface area contributed by atoms with Gasteiger partial charge in [0.2, 0.25) is 0 Å². The molecular formula is C5H9Br. The average Bonchev–Trinajstić information content (AvgIpc) is 1.61. The Hall–Kier alpha value is 0.220. The van der Waals surface area contributed by atoms with Crippen LogP contribution in [-0.2, 0) is 0 Å². The number of hydrogen-bond acceptors (Lipinski definition) is 0. The maximum absolute atomic E-state index is 3.30. The molecule has 6 heavy (non-hydrogen) atoms. The molecule has 0 spiro atoms. The van der Waals surface area contributed by atoms with Gasteiger partial charge in [0.25, 0.3) is 0 Å². The minimum absolute atomic E-state index is 1.08. The number of alkyl halides is 1. The summed E-state index contributed by atoms with van der Waals surface area (Å²) in [5, 5.41) is 1.08. The highest BCUT2D eigenvalue weighted by Crippen LogP contribution is 1.86. The van der Waals surface area contributed by atoms with Crippen molar-refractivity contribution in [3.63, 3.8) is 0 Å². The van der Waals surface area contributed by atoms with Gasteiger partial charge in [-0.1, -0.05) is 28.1 Å². The molecule has 0 heterocycles. The Bertz CT molecular complexity index is 39.2. The average molecular weight is 149 g/mol. The summed E-state index contributed by atoms with van der Waals surface area (Å²) in [6, 6.07) is 0. The molecule has 0 saturated heterocycles. The van der Waals surface area contributed by atoms with E-state index in [0.29, 0.717) is 0 Å². The summed E-state index contributed by atoms with van der Waals surface area (Å²) in [7, 11) is 0. The molecule has 0 aromatic carbocycles. The standard InChI is InChI=1S/C5H9Br/c1-2-3-4-5-6/h2-3H,4-5H2,1H3. The van der Waals surface area contributed by atoms with E-state index >= 15 is 0 Å². The van der Waals surface area contributed by atoms with Gasteiger partial charge in [0.05, 0.1) is 0 Å². The summed E-state index contributed by atoms with van der Waals surface area (Å²) in [4.78, 5) is 0. The molecule has 0 fully saturated rings. The van der Waals surface area contributed by atoms with Crippen LogP contribution in [0.2, 0.25) is 0 Å². The zero-order chi connectivity index (χ0) is 4.83. The second-order valence-electron chi connectivity index (χ2n) is 1.05. The molecule has 0 aromatic heterocycles. The van der Waals surface area contributed by atoms with E-state index < -0.39 is 0 Å². The maximum Gasteiger partial charge on any atom is 0.00659 e. The van der Waals surface area contributed by atoms with Crippen LogP contribution in [-0.4, -0.2) is 5.33 Å². The van der Waals surface area contributed by atoms with Crippen molar-refractivity contribution in [2.75, 3.05) is 5.33 Å².